The Morgan fingerprint density at radius 1 is 1.08 bits per heavy atom. The molecule has 1 heterocycles. The summed E-state index contributed by atoms with van der Waals surface area (Å²) in [6, 6.07) is 13.0. The van der Waals surface area contributed by atoms with E-state index in [1.165, 1.54) is 24.3 Å². The van der Waals surface area contributed by atoms with Crippen LogP contribution in [0, 0.1) is 5.82 Å². The lowest BCUT2D eigenvalue weighted by molar-refractivity contribution is 0.0695. The quantitative estimate of drug-likeness (QED) is 0.913. The van der Waals surface area contributed by atoms with Crippen molar-refractivity contribution in [1.29, 1.82) is 0 Å². The van der Waals surface area contributed by atoms with Gasteiger partial charge in [0.1, 0.15) is 18.3 Å². The smallest absolute Gasteiger partial charge is 0.335 e. The van der Waals surface area contributed by atoms with E-state index in [9.17, 15) is 9.18 Å². The minimum atomic E-state index is -0.964. The van der Waals surface area contributed by atoms with Gasteiger partial charge in [0.25, 0.3) is 0 Å². The average molecular weight is 330 g/mol. The van der Waals surface area contributed by atoms with Gasteiger partial charge >= 0.3 is 5.97 Å². The second-order valence-electron chi connectivity index (χ2n) is 5.69. The van der Waals surface area contributed by atoms with E-state index in [1.54, 1.807) is 24.3 Å². The number of piperazine rings is 1. The van der Waals surface area contributed by atoms with E-state index < -0.39 is 5.97 Å². The number of ether oxygens (including phenoxy) is 1. The number of nitrogens with zero attached hydrogens (tertiary/aromatic N) is 2. The molecular weight excluding hydrogens is 311 g/mol. The van der Waals surface area contributed by atoms with Gasteiger partial charge in [-0.15, -0.1) is 0 Å². The molecule has 0 atom stereocenters. The molecule has 6 heteroatoms. The molecule has 0 bridgehead atoms. The van der Waals surface area contributed by atoms with Gasteiger partial charge in [0, 0.05) is 31.9 Å². The van der Waals surface area contributed by atoms with Crippen LogP contribution < -0.4 is 9.64 Å². The Hall–Kier alpha value is -2.60. The minimum absolute atomic E-state index is 0.216. The molecule has 3 rings (SSSR count). The van der Waals surface area contributed by atoms with Crippen LogP contribution in [0.25, 0.3) is 0 Å². The number of carbonyl (C=O) groups is 1. The van der Waals surface area contributed by atoms with E-state index in [4.69, 9.17) is 9.84 Å². The Kier molecular flexibility index (Phi) is 4.96. The van der Waals surface area contributed by atoms with Crippen molar-refractivity contribution in [3.05, 3.63) is 59.9 Å². The van der Waals surface area contributed by atoms with Crippen molar-refractivity contribution in [2.75, 3.05) is 37.8 Å². The molecule has 1 aliphatic heterocycles. The highest BCUT2D eigenvalue weighted by atomic mass is 19.1. The fourth-order valence-corrected chi connectivity index (χ4v) is 2.67. The maximum Gasteiger partial charge on any atom is 0.335 e. The highest BCUT2D eigenvalue weighted by Crippen LogP contribution is 2.18. The second-order valence-corrected chi connectivity index (χ2v) is 5.69. The first kappa shape index (κ1) is 16.3. The molecule has 0 aliphatic carbocycles. The summed E-state index contributed by atoms with van der Waals surface area (Å²) >= 11 is 0. The summed E-state index contributed by atoms with van der Waals surface area (Å²) in [6.07, 6.45) is 0. The van der Waals surface area contributed by atoms with Crippen molar-refractivity contribution < 1.29 is 19.0 Å². The lowest BCUT2D eigenvalue weighted by atomic mass is 10.2. The summed E-state index contributed by atoms with van der Waals surface area (Å²) in [4.78, 5) is 15.3. The Labute approximate surface area is 139 Å². The SMILES string of the molecule is O=C(O)c1cccc(OCN2CCN(c3ccc(F)cc3)CC2)c1. The predicted octanol–water partition coefficient (Wildman–Crippen LogP) is 2.68. The first-order valence-electron chi connectivity index (χ1n) is 7.81. The molecule has 1 N–H and O–H groups in total. The molecule has 2 aromatic carbocycles. The molecule has 2 aromatic rings. The zero-order chi connectivity index (χ0) is 16.9. The lowest BCUT2D eigenvalue weighted by Gasteiger charge is -2.35. The third kappa shape index (κ3) is 4.02. The summed E-state index contributed by atoms with van der Waals surface area (Å²) in [7, 11) is 0. The zero-order valence-electron chi connectivity index (χ0n) is 13.2. The van der Waals surface area contributed by atoms with Crippen LogP contribution >= 0.6 is 0 Å². The van der Waals surface area contributed by atoms with Crippen molar-refractivity contribution >= 4 is 11.7 Å². The maximum atomic E-state index is 13.0. The van der Waals surface area contributed by atoms with Gasteiger partial charge < -0.3 is 14.7 Å². The minimum Gasteiger partial charge on any atom is -0.478 e. The molecule has 0 aromatic heterocycles. The van der Waals surface area contributed by atoms with Crippen molar-refractivity contribution in [3.8, 4) is 5.75 Å². The number of benzene rings is 2. The van der Waals surface area contributed by atoms with E-state index in [0.717, 1.165) is 31.9 Å². The molecule has 0 unspecified atom stereocenters. The Morgan fingerprint density at radius 3 is 2.46 bits per heavy atom. The Morgan fingerprint density at radius 2 is 1.79 bits per heavy atom. The van der Waals surface area contributed by atoms with Crippen molar-refractivity contribution in [2.24, 2.45) is 0 Å². The second kappa shape index (κ2) is 7.31. The van der Waals surface area contributed by atoms with E-state index in [1.807, 2.05) is 0 Å². The van der Waals surface area contributed by atoms with Gasteiger partial charge in [-0.05, 0) is 42.5 Å². The average Bonchev–Trinajstić information content (AvgIpc) is 2.61. The molecule has 0 amide bonds. The lowest BCUT2D eigenvalue weighted by Crippen LogP contribution is -2.47. The van der Waals surface area contributed by atoms with Crippen LogP contribution in [-0.2, 0) is 0 Å². The van der Waals surface area contributed by atoms with Gasteiger partial charge in [0.05, 0.1) is 5.56 Å². The molecule has 24 heavy (non-hydrogen) atoms. The van der Waals surface area contributed by atoms with Gasteiger partial charge in [-0.25, -0.2) is 9.18 Å². The molecule has 1 saturated heterocycles. The van der Waals surface area contributed by atoms with E-state index >= 15 is 0 Å². The van der Waals surface area contributed by atoms with Gasteiger partial charge in [0.15, 0.2) is 0 Å². The summed E-state index contributed by atoms with van der Waals surface area (Å²) in [5, 5.41) is 8.99. The van der Waals surface area contributed by atoms with Gasteiger partial charge in [-0.2, -0.15) is 0 Å². The Bertz CT molecular complexity index is 698. The van der Waals surface area contributed by atoms with Crippen LogP contribution in [0.1, 0.15) is 10.4 Å². The van der Waals surface area contributed by atoms with Crippen LogP contribution in [0.4, 0.5) is 10.1 Å². The molecule has 126 valence electrons. The topological polar surface area (TPSA) is 53.0 Å². The highest BCUT2D eigenvalue weighted by molar-refractivity contribution is 5.87. The number of carboxylic acid groups (broad SMARTS) is 1. The first-order valence-corrected chi connectivity index (χ1v) is 7.81. The van der Waals surface area contributed by atoms with E-state index in [0.29, 0.717) is 12.5 Å². The Balaban J connectivity index is 1.50. The summed E-state index contributed by atoms with van der Waals surface area (Å²) in [5.41, 5.74) is 1.24. The molecular formula is C18H19FN2O3. The van der Waals surface area contributed by atoms with Crippen LogP contribution in [0.15, 0.2) is 48.5 Å². The van der Waals surface area contributed by atoms with Crippen LogP contribution in [0.2, 0.25) is 0 Å². The summed E-state index contributed by atoms with van der Waals surface area (Å²) < 4.78 is 18.7. The standard InChI is InChI=1S/C18H19FN2O3/c19-15-4-6-16(7-5-15)21-10-8-20(9-11-21)13-24-17-3-1-2-14(12-17)18(22)23/h1-7,12H,8-11,13H2,(H,22,23). The van der Waals surface area contributed by atoms with Crippen LogP contribution in [0.3, 0.4) is 0 Å². The third-order valence-corrected chi connectivity index (χ3v) is 4.06. The van der Waals surface area contributed by atoms with Crippen LogP contribution in [-0.4, -0.2) is 48.9 Å². The molecule has 0 radical (unpaired) electrons. The van der Waals surface area contributed by atoms with Gasteiger partial charge in [-0.3, -0.25) is 4.90 Å². The normalized spacial score (nSPS) is 15.3. The zero-order valence-corrected chi connectivity index (χ0v) is 13.2. The molecule has 1 fully saturated rings. The monoisotopic (exact) mass is 330 g/mol. The molecule has 0 spiro atoms. The molecule has 0 saturated carbocycles. The maximum absolute atomic E-state index is 13.0. The number of hydrogen-bond donors (Lipinski definition) is 1. The number of halogens is 1. The van der Waals surface area contributed by atoms with Crippen molar-refractivity contribution in [1.82, 2.24) is 4.90 Å². The van der Waals surface area contributed by atoms with Gasteiger partial charge in [-0.1, -0.05) is 6.07 Å². The number of aromatic carboxylic acids is 1. The summed E-state index contributed by atoms with van der Waals surface area (Å²) in [6.45, 7) is 3.75. The van der Waals surface area contributed by atoms with E-state index in [2.05, 4.69) is 9.80 Å². The van der Waals surface area contributed by atoms with Crippen molar-refractivity contribution in [2.45, 2.75) is 0 Å². The number of anilines is 1. The van der Waals surface area contributed by atoms with E-state index in [-0.39, 0.29) is 11.4 Å². The third-order valence-electron chi connectivity index (χ3n) is 4.06. The van der Waals surface area contributed by atoms with Crippen LogP contribution in [0.5, 0.6) is 5.75 Å². The number of carboxylic acids is 1. The molecule has 5 nitrogen and oxygen atoms in total. The number of rotatable bonds is 5. The first-order chi connectivity index (χ1) is 11.6. The number of hydrogen-bond acceptors (Lipinski definition) is 4. The highest BCUT2D eigenvalue weighted by Gasteiger charge is 2.17. The summed E-state index contributed by atoms with van der Waals surface area (Å²) in [5.74, 6) is -0.640. The fraction of sp³-hybridized carbons (Fsp3) is 0.278. The predicted molar refractivity (Wildman–Crippen MR) is 89.1 cm³/mol. The molecule has 1 aliphatic rings. The van der Waals surface area contributed by atoms with Gasteiger partial charge in [0.2, 0.25) is 0 Å². The largest absolute Gasteiger partial charge is 0.478 e. The fourth-order valence-electron chi connectivity index (χ4n) is 2.67. The van der Waals surface area contributed by atoms with Crippen molar-refractivity contribution in [3.63, 3.8) is 0 Å².